The van der Waals surface area contributed by atoms with Crippen molar-refractivity contribution in [1.82, 2.24) is 9.97 Å². The normalized spacial score (nSPS) is 12.4. The number of fused-ring (bicyclic) bond motifs is 3. The molecule has 0 aliphatic heterocycles. The number of benzene rings is 8. The lowest BCUT2D eigenvalue weighted by Gasteiger charge is -2.34. The van der Waals surface area contributed by atoms with Gasteiger partial charge in [-0.2, -0.15) is 0 Å². The number of aromatic nitrogens is 2. The Morgan fingerprint density at radius 2 is 0.508 bits per heavy atom. The fourth-order valence-electron chi connectivity index (χ4n) is 9.27. The van der Waals surface area contributed by atoms with Gasteiger partial charge in [-0.3, -0.25) is 0 Å². The van der Waals surface area contributed by atoms with E-state index in [1.165, 1.54) is 33.4 Å². The summed E-state index contributed by atoms with van der Waals surface area (Å²) < 4.78 is 0. The summed E-state index contributed by atoms with van der Waals surface area (Å²) in [5.74, 6) is 0. The van der Waals surface area contributed by atoms with Gasteiger partial charge in [-0.1, -0.05) is 218 Å². The average molecular weight is 777 g/mol. The van der Waals surface area contributed by atoms with E-state index >= 15 is 0 Å². The molecule has 10 aromatic rings. The lowest BCUT2D eigenvalue weighted by Crippen LogP contribution is -2.28. The van der Waals surface area contributed by atoms with Crippen LogP contribution in [0.3, 0.4) is 0 Å². The molecule has 1 aliphatic carbocycles. The van der Waals surface area contributed by atoms with Gasteiger partial charge in [0.05, 0.1) is 28.2 Å². The van der Waals surface area contributed by atoms with Gasteiger partial charge in [-0.25, -0.2) is 9.97 Å². The fraction of sp³-hybridized carbons (Fsp3) is 0.0169. The minimum Gasteiger partial charge on any atom is -0.248 e. The summed E-state index contributed by atoms with van der Waals surface area (Å²) in [6, 6.07) is 87.1. The van der Waals surface area contributed by atoms with Crippen molar-refractivity contribution in [3.8, 4) is 78.4 Å². The first kappa shape index (κ1) is 36.2. The summed E-state index contributed by atoms with van der Waals surface area (Å²) in [5, 5.41) is 0. The molecule has 0 amide bonds. The number of hydrogen-bond acceptors (Lipinski definition) is 2. The third-order valence-electron chi connectivity index (χ3n) is 12.2. The molecule has 0 N–H and O–H groups in total. The summed E-state index contributed by atoms with van der Waals surface area (Å²) in [6.45, 7) is 0. The molecule has 2 heterocycles. The molecule has 0 radical (unpaired) electrons. The Morgan fingerprint density at radius 3 is 0.820 bits per heavy atom. The van der Waals surface area contributed by atoms with Crippen LogP contribution in [0, 0.1) is 0 Å². The highest BCUT2D eigenvalue weighted by molar-refractivity contribution is 5.87. The maximum Gasteiger partial charge on any atom is 0.0715 e. The van der Waals surface area contributed by atoms with Gasteiger partial charge < -0.3 is 0 Å². The minimum atomic E-state index is -0.532. The maximum atomic E-state index is 5.15. The van der Waals surface area contributed by atoms with Crippen LogP contribution in [0.2, 0.25) is 0 Å². The van der Waals surface area contributed by atoms with Crippen LogP contribution < -0.4 is 0 Å². The molecule has 11 rings (SSSR count). The van der Waals surface area contributed by atoms with Gasteiger partial charge in [0.2, 0.25) is 0 Å². The van der Waals surface area contributed by atoms with Gasteiger partial charge in [0.15, 0.2) is 0 Å². The highest BCUT2D eigenvalue weighted by Crippen LogP contribution is 2.56. The van der Waals surface area contributed by atoms with E-state index in [2.05, 4.69) is 243 Å². The predicted molar refractivity (Wildman–Crippen MR) is 252 cm³/mol. The smallest absolute Gasteiger partial charge is 0.0715 e. The summed E-state index contributed by atoms with van der Waals surface area (Å²) in [4.78, 5) is 10.3. The van der Waals surface area contributed by atoms with Gasteiger partial charge in [0, 0.05) is 22.3 Å². The van der Waals surface area contributed by atoms with Crippen molar-refractivity contribution < 1.29 is 0 Å². The fourth-order valence-corrected chi connectivity index (χ4v) is 9.27. The van der Waals surface area contributed by atoms with Crippen molar-refractivity contribution in [2.24, 2.45) is 0 Å². The van der Waals surface area contributed by atoms with Gasteiger partial charge in [0.25, 0.3) is 0 Å². The maximum absolute atomic E-state index is 5.15. The lowest BCUT2D eigenvalue weighted by molar-refractivity contribution is 0.769. The SMILES string of the molecule is c1ccc(-c2cc(-c3ccc(C4(c5ccc(-c6cc(-c7ccccc7)nc(-c7ccccc7)c6)cc5)c5ccccc5-c5ccccc54)cc3)cc(-c3ccccc3)n2)cc1. The molecule has 0 bridgehead atoms. The van der Waals surface area contributed by atoms with E-state index in [9.17, 15) is 0 Å². The summed E-state index contributed by atoms with van der Waals surface area (Å²) in [7, 11) is 0. The van der Waals surface area contributed by atoms with Crippen LogP contribution in [0.15, 0.2) is 243 Å². The Labute approximate surface area is 357 Å². The van der Waals surface area contributed by atoms with Crippen LogP contribution in [0.1, 0.15) is 22.3 Å². The third kappa shape index (κ3) is 6.46. The predicted octanol–water partition coefficient (Wildman–Crippen LogP) is 14.8. The molecule has 1 aliphatic rings. The van der Waals surface area contributed by atoms with Crippen LogP contribution in [-0.4, -0.2) is 9.97 Å². The topological polar surface area (TPSA) is 25.8 Å². The van der Waals surface area contributed by atoms with E-state index in [1.807, 2.05) is 0 Å². The minimum absolute atomic E-state index is 0.532. The Balaban J connectivity index is 1.05. The van der Waals surface area contributed by atoms with Crippen molar-refractivity contribution in [2.45, 2.75) is 5.41 Å². The van der Waals surface area contributed by atoms with E-state index in [-0.39, 0.29) is 0 Å². The Morgan fingerprint density at radius 1 is 0.230 bits per heavy atom. The van der Waals surface area contributed by atoms with Gasteiger partial charge in [-0.15, -0.1) is 0 Å². The van der Waals surface area contributed by atoms with E-state index in [0.717, 1.165) is 67.3 Å². The highest BCUT2D eigenvalue weighted by atomic mass is 14.7. The molecule has 2 nitrogen and oxygen atoms in total. The second-order valence-electron chi connectivity index (χ2n) is 15.7. The van der Waals surface area contributed by atoms with Crippen LogP contribution in [-0.2, 0) is 5.41 Å². The van der Waals surface area contributed by atoms with Crippen LogP contribution in [0.5, 0.6) is 0 Å². The van der Waals surface area contributed by atoms with Gasteiger partial charge in [-0.05, 0) is 79.9 Å². The number of pyridine rings is 2. The number of hydrogen-bond donors (Lipinski definition) is 0. The quantitative estimate of drug-likeness (QED) is 0.154. The largest absolute Gasteiger partial charge is 0.248 e. The van der Waals surface area contributed by atoms with Crippen LogP contribution in [0.25, 0.3) is 78.4 Å². The molecular weight excluding hydrogens is 737 g/mol. The zero-order valence-corrected chi connectivity index (χ0v) is 33.5. The Bertz CT molecular complexity index is 2810. The lowest BCUT2D eigenvalue weighted by atomic mass is 9.67. The van der Waals surface area contributed by atoms with Crippen molar-refractivity contribution >= 4 is 0 Å². The molecule has 0 fully saturated rings. The van der Waals surface area contributed by atoms with E-state index in [1.54, 1.807) is 0 Å². The second-order valence-corrected chi connectivity index (χ2v) is 15.7. The molecule has 0 saturated heterocycles. The van der Waals surface area contributed by atoms with E-state index < -0.39 is 5.41 Å². The Kier molecular flexibility index (Phi) is 9.09. The molecule has 8 aromatic carbocycles. The monoisotopic (exact) mass is 776 g/mol. The van der Waals surface area contributed by atoms with Crippen molar-refractivity contribution in [1.29, 1.82) is 0 Å². The molecule has 286 valence electrons. The van der Waals surface area contributed by atoms with Gasteiger partial charge >= 0.3 is 0 Å². The van der Waals surface area contributed by atoms with Gasteiger partial charge in [0.1, 0.15) is 0 Å². The van der Waals surface area contributed by atoms with E-state index in [0.29, 0.717) is 0 Å². The standard InChI is InChI=1S/C59H40N2/c1-5-17-43(18-6-1)55-37-47(38-56(60-55)44-19-7-2-8-20-44)41-29-33-49(34-30-41)59(53-27-15-13-25-51(53)52-26-14-16-28-54(52)59)50-35-31-42(32-36-50)48-39-57(45-21-9-3-10-22-45)61-58(40-48)46-23-11-4-12-24-46/h1-40H. The van der Waals surface area contributed by atoms with Crippen molar-refractivity contribution in [3.63, 3.8) is 0 Å². The molecule has 0 atom stereocenters. The average Bonchev–Trinajstić information content (AvgIpc) is 3.66. The molecule has 2 aromatic heterocycles. The Hall–Kier alpha value is -7.94. The first-order valence-corrected chi connectivity index (χ1v) is 20.9. The molecule has 0 unspecified atom stereocenters. The van der Waals surface area contributed by atoms with Crippen LogP contribution in [0.4, 0.5) is 0 Å². The second kappa shape index (κ2) is 15.3. The first-order valence-electron chi connectivity index (χ1n) is 20.9. The molecule has 2 heteroatoms. The molecule has 0 spiro atoms. The molecule has 0 saturated carbocycles. The molecule has 61 heavy (non-hydrogen) atoms. The third-order valence-corrected chi connectivity index (χ3v) is 12.2. The zero-order valence-electron chi connectivity index (χ0n) is 33.5. The first-order chi connectivity index (χ1) is 30.2. The molecular formula is C59H40N2. The number of nitrogens with zero attached hydrogens (tertiary/aromatic N) is 2. The summed E-state index contributed by atoms with van der Waals surface area (Å²) >= 11 is 0. The summed E-state index contributed by atoms with van der Waals surface area (Å²) in [5.41, 5.74) is 19.8. The van der Waals surface area contributed by atoms with E-state index in [4.69, 9.17) is 9.97 Å². The highest BCUT2D eigenvalue weighted by Gasteiger charge is 2.45. The zero-order chi connectivity index (χ0) is 40.6. The number of rotatable bonds is 8. The van der Waals surface area contributed by atoms with Crippen molar-refractivity contribution in [3.05, 3.63) is 265 Å². The summed E-state index contributed by atoms with van der Waals surface area (Å²) in [6.07, 6.45) is 0. The van der Waals surface area contributed by atoms with Crippen LogP contribution >= 0.6 is 0 Å². The van der Waals surface area contributed by atoms with Crippen molar-refractivity contribution in [2.75, 3.05) is 0 Å².